The Morgan fingerprint density at radius 1 is 1.14 bits per heavy atom. The topological polar surface area (TPSA) is 48.2 Å². The Balaban J connectivity index is 2.25. The van der Waals surface area contributed by atoms with Gasteiger partial charge in [0.2, 0.25) is 5.89 Å². The van der Waals surface area contributed by atoms with Gasteiger partial charge in [-0.25, -0.2) is 0 Å². The summed E-state index contributed by atoms with van der Waals surface area (Å²) in [6, 6.07) is 0. The highest BCUT2D eigenvalue weighted by Gasteiger charge is 2.41. The lowest BCUT2D eigenvalue weighted by Gasteiger charge is -2.12. The lowest BCUT2D eigenvalue weighted by Crippen LogP contribution is -2.15. The van der Waals surface area contributed by atoms with E-state index < -0.39 is 0 Å². The number of ether oxygens (including phenoxy) is 1. The fraction of sp³-hybridized carbons (Fsp3) is 0.778. The van der Waals surface area contributed by atoms with E-state index in [1.165, 1.54) is 0 Å². The average Bonchev–Trinajstić information content (AvgIpc) is 2.60. The zero-order valence-corrected chi connectivity index (χ0v) is 9.15. The lowest BCUT2D eigenvalue weighted by molar-refractivity contribution is 0.0545. The van der Waals surface area contributed by atoms with Gasteiger partial charge in [0.05, 0.1) is 18.1 Å². The van der Waals surface area contributed by atoms with Crippen LogP contribution in [0.3, 0.4) is 0 Å². The van der Waals surface area contributed by atoms with Gasteiger partial charge in [0, 0.05) is 0 Å². The van der Waals surface area contributed by atoms with Crippen LogP contribution in [0.4, 0.5) is 0 Å². The van der Waals surface area contributed by atoms with Crippen molar-refractivity contribution in [3.63, 3.8) is 0 Å². The summed E-state index contributed by atoms with van der Waals surface area (Å²) < 4.78 is 10.9. The van der Waals surface area contributed by atoms with Gasteiger partial charge in [-0.1, -0.05) is 12.0 Å². The first-order valence-corrected chi connectivity index (χ1v) is 5.11. The molecule has 2 rings (SSSR count). The number of hydrogen-bond donors (Lipinski definition) is 0. The van der Waals surface area contributed by atoms with Gasteiger partial charge in [-0.15, -0.1) is 5.10 Å². The molecule has 4 atom stereocenters. The average molecular weight is 217 g/mol. The zero-order valence-electron chi connectivity index (χ0n) is 8.40. The van der Waals surface area contributed by atoms with Gasteiger partial charge in [-0.05, 0) is 31.4 Å². The molecule has 5 heteroatoms. The summed E-state index contributed by atoms with van der Waals surface area (Å²) in [5.41, 5.74) is 0. The number of nitrogens with zero attached hydrogens (tertiary/aromatic N) is 2. The van der Waals surface area contributed by atoms with Crippen molar-refractivity contribution in [2.75, 3.05) is 0 Å². The molecule has 0 spiro atoms. The van der Waals surface area contributed by atoms with Crippen LogP contribution in [0, 0.1) is 5.92 Å². The molecule has 78 valence electrons. The van der Waals surface area contributed by atoms with Crippen LogP contribution in [0.5, 0.6) is 0 Å². The molecular weight excluding hydrogens is 204 g/mol. The van der Waals surface area contributed by atoms with E-state index in [0.29, 0.717) is 11.8 Å². The third-order valence-electron chi connectivity index (χ3n) is 2.94. The van der Waals surface area contributed by atoms with Gasteiger partial charge >= 0.3 is 5.35 Å². The van der Waals surface area contributed by atoms with E-state index in [-0.39, 0.29) is 23.5 Å². The molecule has 1 aliphatic rings. The van der Waals surface area contributed by atoms with E-state index in [0.717, 1.165) is 0 Å². The Hall–Kier alpha value is -0.610. The number of hydrogen-bond acceptors (Lipinski definition) is 4. The molecule has 1 aromatic rings. The summed E-state index contributed by atoms with van der Waals surface area (Å²) in [5, 5.41) is 7.65. The summed E-state index contributed by atoms with van der Waals surface area (Å²) in [5.74, 6) is 1.12. The summed E-state index contributed by atoms with van der Waals surface area (Å²) >= 11 is 5.59. The third-order valence-corrected chi connectivity index (χ3v) is 3.10. The molecule has 0 saturated carbocycles. The van der Waals surface area contributed by atoms with Crippen LogP contribution >= 0.6 is 11.6 Å². The van der Waals surface area contributed by atoms with E-state index in [1.54, 1.807) is 0 Å². The van der Waals surface area contributed by atoms with Gasteiger partial charge in [0.15, 0.2) is 0 Å². The van der Waals surface area contributed by atoms with E-state index in [4.69, 9.17) is 20.8 Å². The molecule has 4 nitrogen and oxygen atoms in total. The van der Waals surface area contributed by atoms with Crippen LogP contribution in [-0.4, -0.2) is 22.4 Å². The third kappa shape index (κ3) is 1.53. The molecule has 0 aliphatic carbocycles. The molecule has 1 fully saturated rings. The Kier molecular flexibility index (Phi) is 2.49. The van der Waals surface area contributed by atoms with E-state index >= 15 is 0 Å². The lowest BCUT2D eigenvalue weighted by atomic mass is 9.89. The first kappa shape index (κ1) is 9.93. The molecule has 2 heterocycles. The predicted molar refractivity (Wildman–Crippen MR) is 51.2 cm³/mol. The van der Waals surface area contributed by atoms with Crippen LogP contribution in [0.1, 0.15) is 32.6 Å². The highest BCUT2D eigenvalue weighted by Crippen LogP contribution is 2.39. The minimum atomic E-state index is 0.0963. The second-order valence-corrected chi connectivity index (χ2v) is 4.15. The predicted octanol–water partition coefficient (Wildman–Crippen LogP) is 2.25. The second kappa shape index (κ2) is 3.51. The highest BCUT2D eigenvalue weighted by molar-refractivity contribution is 6.27. The summed E-state index contributed by atoms with van der Waals surface area (Å²) in [6.07, 6.45) is 0.331. The minimum Gasteiger partial charge on any atom is -0.412 e. The molecule has 0 aromatic carbocycles. The van der Waals surface area contributed by atoms with Crippen LogP contribution in [0.25, 0.3) is 0 Å². The largest absolute Gasteiger partial charge is 0.412 e. The number of rotatable bonds is 1. The van der Waals surface area contributed by atoms with Crippen LogP contribution in [0.2, 0.25) is 5.35 Å². The number of aromatic nitrogens is 2. The molecule has 1 aliphatic heterocycles. The smallest absolute Gasteiger partial charge is 0.312 e. The van der Waals surface area contributed by atoms with Crippen molar-refractivity contribution >= 4 is 11.6 Å². The first-order valence-electron chi connectivity index (χ1n) is 4.74. The van der Waals surface area contributed by atoms with Crippen molar-refractivity contribution in [2.45, 2.75) is 38.9 Å². The summed E-state index contributed by atoms with van der Waals surface area (Å²) in [7, 11) is 0. The van der Waals surface area contributed by atoms with Crippen molar-refractivity contribution in [3.8, 4) is 0 Å². The second-order valence-electron chi connectivity index (χ2n) is 3.82. The van der Waals surface area contributed by atoms with Crippen LogP contribution in [0.15, 0.2) is 4.42 Å². The van der Waals surface area contributed by atoms with E-state index in [2.05, 4.69) is 24.0 Å². The maximum absolute atomic E-state index is 5.68. The molecule has 0 N–H and O–H groups in total. The standard InChI is InChI=1S/C9H13ClN2O2/c1-4-5(2)13-6(3)7(4)8-11-12-9(10)14-8/h4-7H,1-3H3. The van der Waals surface area contributed by atoms with Crippen LogP contribution in [-0.2, 0) is 4.74 Å². The minimum absolute atomic E-state index is 0.0963. The normalized spacial score (nSPS) is 37.7. The fourth-order valence-electron chi connectivity index (χ4n) is 2.04. The van der Waals surface area contributed by atoms with Gasteiger partial charge in [0.25, 0.3) is 0 Å². The van der Waals surface area contributed by atoms with E-state index in [9.17, 15) is 0 Å². The Morgan fingerprint density at radius 2 is 1.86 bits per heavy atom. The van der Waals surface area contributed by atoms with Gasteiger partial charge in [0.1, 0.15) is 0 Å². The zero-order chi connectivity index (χ0) is 10.3. The monoisotopic (exact) mass is 216 g/mol. The Labute approximate surface area is 87.6 Å². The quantitative estimate of drug-likeness (QED) is 0.723. The molecule has 14 heavy (non-hydrogen) atoms. The fourth-order valence-corrected chi connectivity index (χ4v) is 2.16. The van der Waals surface area contributed by atoms with Crippen molar-refractivity contribution in [2.24, 2.45) is 5.92 Å². The number of halogens is 1. The maximum Gasteiger partial charge on any atom is 0.312 e. The molecule has 0 amide bonds. The molecule has 4 unspecified atom stereocenters. The molecular formula is C9H13ClN2O2. The van der Waals surface area contributed by atoms with Gasteiger partial charge < -0.3 is 9.15 Å². The first-order chi connectivity index (χ1) is 6.59. The Morgan fingerprint density at radius 3 is 2.29 bits per heavy atom. The highest BCUT2D eigenvalue weighted by atomic mass is 35.5. The summed E-state index contributed by atoms with van der Waals surface area (Å²) in [6.45, 7) is 6.19. The molecule has 1 aromatic heterocycles. The van der Waals surface area contributed by atoms with Crippen molar-refractivity contribution < 1.29 is 9.15 Å². The van der Waals surface area contributed by atoms with Gasteiger partial charge in [-0.3, -0.25) is 0 Å². The van der Waals surface area contributed by atoms with Crippen LogP contribution < -0.4 is 0 Å². The van der Waals surface area contributed by atoms with Crippen molar-refractivity contribution in [3.05, 3.63) is 11.2 Å². The van der Waals surface area contributed by atoms with E-state index in [1.807, 2.05) is 6.92 Å². The summed E-state index contributed by atoms with van der Waals surface area (Å²) in [4.78, 5) is 0. The molecule has 1 saturated heterocycles. The maximum atomic E-state index is 5.68. The van der Waals surface area contributed by atoms with Crippen molar-refractivity contribution in [1.29, 1.82) is 0 Å². The Bertz CT molecular complexity index is 328. The van der Waals surface area contributed by atoms with Crippen molar-refractivity contribution in [1.82, 2.24) is 10.2 Å². The molecule has 0 radical (unpaired) electrons. The SMILES string of the molecule is CC1OC(C)C(c2nnc(Cl)o2)C1C. The van der Waals surface area contributed by atoms with Gasteiger partial charge in [-0.2, -0.15) is 0 Å². The molecule has 0 bridgehead atoms.